The molecular weight excluding hydrogens is 346 g/mol. The molecule has 1 N–H and O–H groups in total. The molecule has 0 aliphatic carbocycles. The monoisotopic (exact) mass is 369 g/mol. The Morgan fingerprint density at radius 2 is 1.81 bits per heavy atom. The number of piperazine rings is 1. The van der Waals surface area contributed by atoms with E-state index in [0.29, 0.717) is 11.6 Å². The van der Waals surface area contributed by atoms with Gasteiger partial charge in [0.2, 0.25) is 0 Å². The molecule has 136 valence electrons. The molecule has 26 heavy (non-hydrogen) atoms. The number of anilines is 1. The van der Waals surface area contributed by atoms with E-state index in [0.717, 1.165) is 44.9 Å². The highest BCUT2D eigenvalue weighted by atomic mass is 35.5. The second-order valence-electron chi connectivity index (χ2n) is 6.68. The van der Waals surface area contributed by atoms with Gasteiger partial charge in [0, 0.05) is 55.5 Å². The van der Waals surface area contributed by atoms with Gasteiger partial charge in [-0.15, -0.1) is 0 Å². The molecule has 0 amide bonds. The summed E-state index contributed by atoms with van der Waals surface area (Å²) in [4.78, 5) is 8.31. The van der Waals surface area contributed by atoms with Gasteiger partial charge in [0.15, 0.2) is 0 Å². The number of aromatic amines is 1. The lowest BCUT2D eigenvalue weighted by molar-refractivity contribution is 0.225. The molecule has 0 spiro atoms. The van der Waals surface area contributed by atoms with E-state index >= 15 is 0 Å². The van der Waals surface area contributed by atoms with Gasteiger partial charge in [0.05, 0.1) is 11.6 Å². The number of rotatable bonds is 6. The molecule has 0 radical (unpaired) electrons. The van der Waals surface area contributed by atoms with Crippen LogP contribution in [0.15, 0.2) is 54.7 Å². The number of halogens is 1. The number of para-hydroxylation sites is 1. The number of hydrogen-bond donors (Lipinski definition) is 1. The van der Waals surface area contributed by atoms with Crippen molar-refractivity contribution in [3.05, 3.63) is 59.8 Å². The molecule has 1 aromatic heterocycles. The van der Waals surface area contributed by atoms with Gasteiger partial charge in [-0.05, 0) is 36.8 Å². The van der Waals surface area contributed by atoms with E-state index in [1.165, 1.54) is 16.6 Å². The fourth-order valence-corrected chi connectivity index (χ4v) is 3.78. The van der Waals surface area contributed by atoms with Crippen molar-refractivity contribution < 1.29 is 4.74 Å². The van der Waals surface area contributed by atoms with Crippen LogP contribution >= 0.6 is 11.6 Å². The number of fused-ring (bicyclic) bond motifs is 1. The maximum Gasteiger partial charge on any atom is 0.137 e. The van der Waals surface area contributed by atoms with Crippen molar-refractivity contribution in [1.82, 2.24) is 9.88 Å². The molecular formula is C21H24ClN3O. The van der Waals surface area contributed by atoms with Gasteiger partial charge in [0.25, 0.3) is 0 Å². The van der Waals surface area contributed by atoms with Crippen molar-refractivity contribution >= 4 is 28.2 Å². The molecule has 0 unspecified atom stereocenters. The number of ether oxygens (including phenoxy) is 1. The van der Waals surface area contributed by atoms with Crippen LogP contribution in [-0.2, 0) is 0 Å². The average Bonchev–Trinajstić information content (AvgIpc) is 3.16. The van der Waals surface area contributed by atoms with E-state index in [1.807, 2.05) is 30.5 Å². The summed E-state index contributed by atoms with van der Waals surface area (Å²) in [5.41, 5.74) is 2.55. The Labute approximate surface area is 159 Å². The maximum atomic E-state index is 6.12. The van der Waals surface area contributed by atoms with Crippen molar-refractivity contribution in [3.8, 4) is 5.75 Å². The molecule has 1 saturated heterocycles. The Bertz CT molecular complexity index is 855. The maximum absolute atomic E-state index is 6.12. The minimum Gasteiger partial charge on any atom is -0.492 e. The average molecular weight is 370 g/mol. The van der Waals surface area contributed by atoms with Crippen LogP contribution in [0.25, 0.3) is 10.9 Å². The summed E-state index contributed by atoms with van der Waals surface area (Å²) < 4.78 is 5.79. The van der Waals surface area contributed by atoms with Crippen molar-refractivity contribution in [2.75, 3.05) is 44.2 Å². The molecule has 2 heterocycles. The number of H-pyrrole nitrogens is 1. The van der Waals surface area contributed by atoms with Crippen LogP contribution in [0.2, 0.25) is 5.02 Å². The van der Waals surface area contributed by atoms with E-state index in [-0.39, 0.29) is 0 Å². The number of nitrogens with one attached hydrogen (secondary N) is 1. The van der Waals surface area contributed by atoms with Crippen molar-refractivity contribution in [2.24, 2.45) is 0 Å². The van der Waals surface area contributed by atoms with Gasteiger partial charge >= 0.3 is 0 Å². The van der Waals surface area contributed by atoms with E-state index in [2.05, 4.69) is 39.0 Å². The number of nitrogens with zero attached hydrogens (tertiary/aromatic N) is 2. The fraction of sp³-hybridized carbons (Fsp3) is 0.333. The molecule has 2 aromatic carbocycles. The Hall–Kier alpha value is -2.17. The lowest BCUT2D eigenvalue weighted by Gasteiger charge is -2.36. The Kier molecular flexibility index (Phi) is 5.32. The van der Waals surface area contributed by atoms with Gasteiger partial charge in [-0.2, -0.15) is 0 Å². The third kappa shape index (κ3) is 3.81. The van der Waals surface area contributed by atoms with Crippen molar-refractivity contribution in [3.63, 3.8) is 0 Å². The second-order valence-corrected chi connectivity index (χ2v) is 7.08. The molecule has 4 nitrogen and oxygen atoms in total. The van der Waals surface area contributed by atoms with Crippen LogP contribution in [0.1, 0.15) is 6.42 Å². The minimum absolute atomic E-state index is 0.681. The van der Waals surface area contributed by atoms with Crippen molar-refractivity contribution in [1.29, 1.82) is 0 Å². The SMILES string of the molecule is Clc1ccccc1OCCCN1CCN(c2cccc3[nH]ccc23)CC1. The van der Waals surface area contributed by atoms with E-state index in [1.54, 1.807) is 0 Å². The quantitative estimate of drug-likeness (QED) is 0.653. The Morgan fingerprint density at radius 1 is 0.962 bits per heavy atom. The normalized spacial score (nSPS) is 15.5. The molecule has 5 heteroatoms. The van der Waals surface area contributed by atoms with E-state index in [4.69, 9.17) is 16.3 Å². The zero-order valence-corrected chi connectivity index (χ0v) is 15.6. The molecule has 1 fully saturated rings. The predicted molar refractivity (Wildman–Crippen MR) is 109 cm³/mol. The summed E-state index contributed by atoms with van der Waals surface area (Å²) in [7, 11) is 0. The molecule has 1 aliphatic rings. The fourth-order valence-electron chi connectivity index (χ4n) is 3.59. The summed E-state index contributed by atoms with van der Waals surface area (Å²) in [6.07, 6.45) is 3.03. The van der Waals surface area contributed by atoms with Crippen LogP contribution < -0.4 is 9.64 Å². The van der Waals surface area contributed by atoms with Gasteiger partial charge in [0.1, 0.15) is 5.75 Å². The first-order valence-electron chi connectivity index (χ1n) is 9.22. The van der Waals surface area contributed by atoms with Gasteiger partial charge in [-0.3, -0.25) is 4.90 Å². The second kappa shape index (κ2) is 8.02. The summed E-state index contributed by atoms with van der Waals surface area (Å²) in [5.74, 6) is 0.776. The van der Waals surface area contributed by atoms with Gasteiger partial charge in [-0.1, -0.05) is 29.8 Å². The standard InChI is InChI=1S/C21H24ClN3O/c22-18-5-1-2-8-21(18)26-16-4-11-24-12-14-25(15-13-24)20-7-3-6-19-17(20)9-10-23-19/h1-3,5-10,23H,4,11-16H2. The summed E-state index contributed by atoms with van der Waals surface area (Å²) in [5, 5.41) is 1.99. The Balaban J connectivity index is 1.24. The van der Waals surface area contributed by atoms with Crippen LogP contribution in [0.5, 0.6) is 5.75 Å². The van der Waals surface area contributed by atoms with Gasteiger partial charge in [-0.25, -0.2) is 0 Å². The first-order chi connectivity index (χ1) is 12.8. The third-order valence-corrected chi connectivity index (χ3v) is 5.31. The van der Waals surface area contributed by atoms with Crippen molar-refractivity contribution in [2.45, 2.75) is 6.42 Å². The first-order valence-corrected chi connectivity index (χ1v) is 9.60. The van der Waals surface area contributed by atoms with Crippen LogP contribution in [0.4, 0.5) is 5.69 Å². The van der Waals surface area contributed by atoms with E-state index in [9.17, 15) is 0 Å². The molecule has 0 atom stereocenters. The molecule has 3 aromatic rings. The molecule has 1 aliphatic heterocycles. The summed E-state index contributed by atoms with van der Waals surface area (Å²) in [6.45, 7) is 6.07. The molecule has 4 rings (SSSR count). The first kappa shape index (κ1) is 17.3. The van der Waals surface area contributed by atoms with Crippen LogP contribution in [0.3, 0.4) is 0 Å². The lowest BCUT2D eigenvalue weighted by Crippen LogP contribution is -2.46. The zero-order chi connectivity index (χ0) is 17.8. The van der Waals surface area contributed by atoms with Crippen LogP contribution in [-0.4, -0.2) is 49.2 Å². The van der Waals surface area contributed by atoms with Crippen LogP contribution in [0, 0.1) is 0 Å². The Morgan fingerprint density at radius 3 is 2.65 bits per heavy atom. The van der Waals surface area contributed by atoms with Gasteiger partial charge < -0.3 is 14.6 Å². The highest BCUT2D eigenvalue weighted by Gasteiger charge is 2.18. The summed E-state index contributed by atoms with van der Waals surface area (Å²) in [6, 6.07) is 16.3. The third-order valence-electron chi connectivity index (χ3n) is 5.00. The molecule has 0 saturated carbocycles. The van der Waals surface area contributed by atoms with E-state index < -0.39 is 0 Å². The summed E-state index contributed by atoms with van der Waals surface area (Å²) >= 11 is 6.12. The minimum atomic E-state index is 0.681. The number of hydrogen-bond acceptors (Lipinski definition) is 3. The number of aromatic nitrogens is 1. The lowest BCUT2D eigenvalue weighted by atomic mass is 10.1. The topological polar surface area (TPSA) is 31.5 Å². The zero-order valence-electron chi connectivity index (χ0n) is 14.8. The molecule has 0 bridgehead atoms. The predicted octanol–water partition coefficient (Wildman–Crippen LogP) is 4.41. The highest BCUT2D eigenvalue weighted by Crippen LogP contribution is 2.27. The number of benzene rings is 2. The largest absolute Gasteiger partial charge is 0.492 e. The smallest absolute Gasteiger partial charge is 0.137 e. The highest BCUT2D eigenvalue weighted by molar-refractivity contribution is 6.32.